The summed E-state index contributed by atoms with van der Waals surface area (Å²) >= 11 is 0. The molecule has 0 saturated heterocycles. The van der Waals surface area contributed by atoms with Crippen LogP contribution in [0.5, 0.6) is 11.6 Å². The summed E-state index contributed by atoms with van der Waals surface area (Å²) in [5.41, 5.74) is 1.60. The van der Waals surface area contributed by atoms with Crippen molar-refractivity contribution in [2.24, 2.45) is 0 Å². The molecule has 3 aromatic rings. The van der Waals surface area contributed by atoms with Crippen LogP contribution < -0.4 is 10.1 Å². The lowest BCUT2D eigenvalue weighted by Crippen LogP contribution is -2.23. The standard InChI is InChI=1S/C15H16N6O2/c1-10-7-14(20-19-10)23-13-5-3-12(4-6-13)18-15(22)11(2)21-9-16-8-17-21/h3-9,11H,1-2H3,(H,18,22)(H,19,20)/t11-/m1/s1. The predicted octanol–water partition coefficient (Wildman–Crippen LogP) is 2.30. The largest absolute Gasteiger partial charge is 0.438 e. The number of hydrogen-bond donors (Lipinski definition) is 2. The van der Waals surface area contributed by atoms with Gasteiger partial charge in [0.2, 0.25) is 11.8 Å². The molecule has 2 N–H and O–H groups in total. The van der Waals surface area contributed by atoms with Crippen LogP contribution in [-0.4, -0.2) is 30.9 Å². The lowest BCUT2D eigenvalue weighted by atomic mass is 10.2. The van der Waals surface area contributed by atoms with E-state index in [9.17, 15) is 4.79 Å². The first kappa shape index (κ1) is 14.8. The van der Waals surface area contributed by atoms with Crippen LogP contribution in [0.15, 0.2) is 43.0 Å². The first-order valence-electron chi connectivity index (χ1n) is 7.07. The third-order valence-electron chi connectivity index (χ3n) is 3.24. The summed E-state index contributed by atoms with van der Waals surface area (Å²) in [5.74, 6) is 0.963. The van der Waals surface area contributed by atoms with Crippen molar-refractivity contribution in [1.82, 2.24) is 25.0 Å². The topological polar surface area (TPSA) is 97.7 Å². The maximum Gasteiger partial charge on any atom is 0.249 e. The lowest BCUT2D eigenvalue weighted by Gasteiger charge is -2.12. The van der Waals surface area contributed by atoms with E-state index in [1.54, 1.807) is 37.3 Å². The van der Waals surface area contributed by atoms with Crippen molar-refractivity contribution in [1.29, 1.82) is 0 Å². The molecule has 2 heterocycles. The van der Waals surface area contributed by atoms with Crippen LogP contribution in [0.25, 0.3) is 0 Å². The molecule has 23 heavy (non-hydrogen) atoms. The molecule has 0 aliphatic carbocycles. The molecule has 0 fully saturated rings. The van der Waals surface area contributed by atoms with E-state index < -0.39 is 6.04 Å². The molecule has 1 amide bonds. The van der Waals surface area contributed by atoms with E-state index in [4.69, 9.17) is 4.74 Å². The van der Waals surface area contributed by atoms with Gasteiger partial charge in [0.25, 0.3) is 0 Å². The highest BCUT2D eigenvalue weighted by Gasteiger charge is 2.15. The number of benzene rings is 1. The maximum absolute atomic E-state index is 12.1. The summed E-state index contributed by atoms with van der Waals surface area (Å²) < 4.78 is 7.08. The molecule has 0 unspecified atom stereocenters. The fourth-order valence-corrected chi connectivity index (χ4v) is 1.96. The van der Waals surface area contributed by atoms with Crippen LogP contribution >= 0.6 is 0 Å². The number of carbonyl (C=O) groups excluding carboxylic acids is 1. The second-order valence-electron chi connectivity index (χ2n) is 5.06. The lowest BCUT2D eigenvalue weighted by molar-refractivity contribution is -0.119. The number of anilines is 1. The molecule has 1 aromatic carbocycles. The Hall–Kier alpha value is -3.16. The number of hydrogen-bond acceptors (Lipinski definition) is 5. The number of nitrogens with one attached hydrogen (secondary N) is 2. The van der Waals surface area contributed by atoms with Gasteiger partial charge in [-0.1, -0.05) is 0 Å². The van der Waals surface area contributed by atoms with Gasteiger partial charge in [-0.2, -0.15) is 5.10 Å². The van der Waals surface area contributed by atoms with Crippen LogP contribution in [0.3, 0.4) is 0 Å². The van der Waals surface area contributed by atoms with E-state index in [1.807, 2.05) is 6.92 Å². The number of carbonyl (C=O) groups is 1. The molecule has 118 valence electrons. The van der Waals surface area contributed by atoms with Gasteiger partial charge in [0.05, 0.1) is 0 Å². The van der Waals surface area contributed by atoms with E-state index in [-0.39, 0.29) is 5.91 Å². The van der Waals surface area contributed by atoms with E-state index in [2.05, 4.69) is 25.6 Å². The van der Waals surface area contributed by atoms with Gasteiger partial charge in [0.1, 0.15) is 24.4 Å². The zero-order chi connectivity index (χ0) is 16.2. The molecule has 0 radical (unpaired) electrons. The second kappa shape index (κ2) is 6.30. The third kappa shape index (κ3) is 3.54. The van der Waals surface area contributed by atoms with Crippen LogP contribution in [0.1, 0.15) is 18.7 Å². The molecular weight excluding hydrogens is 296 g/mol. The molecule has 0 saturated carbocycles. The molecule has 0 bridgehead atoms. The van der Waals surface area contributed by atoms with Crippen LogP contribution in [0.4, 0.5) is 5.69 Å². The minimum absolute atomic E-state index is 0.174. The molecular formula is C15H16N6O2. The van der Waals surface area contributed by atoms with Gasteiger partial charge < -0.3 is 10.1 Å². The SMILES string of the molecule is Cc1cc(Oc2ccc(NC(=O)[C@@H](C)n3cncn3)cc2)n[nH]1. The minimum atomic E-state index is -0.444. The second-order valence-corrected chi connectivity index (χ2v) is 5.06. The molecule has 8 heteroatoms. The van der Waals surface area contributed by atoms with Gasteiger partial charge in [0.15, 0.2) is 0 Å². The molecule has 0 aliphatic heterocycles. The summed E-state index contributed by atoms with van der Waals surface area (Å²) in [6, 6.07) is 8.41. The number of aromatic amines is 1. The fraction of sp³-hybridized carbons (Fsp3) is 0.200. The number of amides is 1. The predicted molar refractivity (Wildman–Crippen MR) is 83.2 cm³/mol. The van der Waals surface area contributed by atoms with E-state index in [1.165, 1.54) is 17.3 Å². The Kier molecular flexibility index (Phi) is 4.05. The Morgan fingerprint density at radius 1 is 1.35 bits per heavy atom. The summed E-state index contributed by atoms with van der Waals surface area (Å²) in [4.78, 5) is 16.0. The summed E-state index contributed by atoms with van der Waals surface area (Å²) in [6.45, 7) is 3.65. The highest BCUT2D eigenvalue weighted by Crippen LogP contribution is 2.22. The Balaban J connectivity index is 1.62. The minimum Gasteiger partial charge on any atom is -0.438 e. The van der Waals surface area contributed by atoms with Crippen molar-refractivity contribution in [3.8, 4) is 11.6 Å². The number of rotatable bonds is 5. The van der Waals surface area contributed by atoms with Crippen molar-refractivity contribution in [2.75, 3.05) is 5.32 Å². The van der Waals surface area contributed by atoms with Crippen LogP contribution in [-0.2, 0) is 4.79 Å². The van der Waals surface area contributed by atoms with Gasteiger partial charge in [0, 0.05) is 17.4 Å². The van der Waals surface area contributed by atoms with Crippen molar-refractivity contribution < 1.29 is 9.53 Å². The summed E-state index contributed by atoms with van der Waals surface area (Å²) in [5, 5.41) is 13.6. The van der Waals surface area contributed by atoms with E-state index >= 15 is 0 Å². The molecule has 8 nitrogen and oxygen atoms in total. The Morgan fingerprint density at radius 2 is 2.13 bits per heavy atom. The number of aromatic nitrogens is 5. The molecule has 0 aliphatic rings. The zero-order valence-corrected chi connectivity index (χ0v) is 12.7. The first-order valence-corrected chi connectivity index (χ1v) is 7.07. The highest BCUT2D eigenvalue weighted by molar-refractivity contribution is 5.93. The Bertz CT molecular complexity index is 779. The molecule has 3 rings (SSSR count). The number of nitrogens with zero attached hydrogens (tertiary/aromatic N) is 4. The van der Waals surface area contributed by atoms with Crippen LogP contribution in [0, 0.1) is 6.92 Å². The quantitative estimate of drug-likeness (QED) is 0.753. The normalized spacial score (nSPS) is 11.9. The average Bonchev–Trinajstić information content (AvgIpc) is 3.20. The van der Waals surface area contributed by atoms with E-state index in [0.29, 0.717) is 17.3 Å². The first-order chi connectivity index (χ1) is 11.1. The Labute approximate surface area is 132 Å². The van der Waals surface area contributed by atoms with Crippen molar-refractivity contribution in [3.05, 3.63) is 48.7 Å². The highest BCUT2D eigenvalue weighted by atomic mass is 16.5. The molecule has 1 atom stereocenters. The van der Waals surface area contributed by atoms with Gasteiger partial charge in [-0.15, -0.1) is 5.10 Å². The van der Waals surface area contributed by atoms with Crippen molar-refractivity contribution in [2.45, 2.75) is 19.9 Å². The van der Waals surface area contributed by atoms with E-state index in [0.717, 1.165) is 5.69 Å². The summed E-state index contributed by atoms with van der Waals surface area (Å²) in [7, 11) is 0. The average molecular weight is 312 g/mol. The number of aryl methyl sites for hydroxylation is 1. The molecule has 2 aromatic heterocycles. The summed E-state index contributed by atoms with van der Waals surface area (Å²) in [6.07, 6.45) is 2.90. The van der Waals surface area contributed by atoms with Crippen molar-refractivity contribution >= 4 is 11.6 Å². The maximum atomic E-state index is 12.1. The van der Waals surface area contributed by atoms with Crippen LogP contribution in [0.2, 0.25) is 0 Å². The van der Waals surface area contributed by atoms with Gasteiger partial charge in [-0.3, -0.25) is 9.89 Å². The smallest absolute Gasteiger partial charge is 0.249 e. The Morgan fingerprint density at radius 3 is 2.74 bits per heavy atom. The van der Waals surface area contributed by atoms with Gasteiger partial charge in [-0.25, -0.2) is 9.67 Å². The van der Waals surface area contributed by atoms with Gasteiger partial charge >= 0.3 is 0 Å². The molecule has 0 spiro atoms. The fourth-order valence-electron chi connectivity index (χ4n) is 1.96. The number of H-pyrrole nitrogens is 1. The van der Waals surface area contributed by atoms with Gasteiger partial charge in [-0.05, 0) is 38.1 Å². The monoisotopic (exact) mass is 312 g/mol. The van der Waals surface area contributed by atoms with Crippen molar-refractivity contribution in [3.63, 3.8) is 0 Å². The number of ether oxygens (including phenoxy) is 1. The third-order valence-corrected chi connectivity index (χ3v) is 3.24. The zero-order valence-electron chi connectivity index (χ0n) is 12.7.